The maximum atomic E-state index is 12.4. The summed E-state index contributed by atoms with van der Waals surface area (Å²) in [4.78, 5) is 28.8. The summed E-state index contributed by atoms with van der Waals surface area (Å²) in [7, 11) is 0. The molecule has 2 atom stereocenters. The Morgan fingerprint density at radius 1 is 1.38 bits per heavy atom. The molecule has 2 fully saturated rings. The van der Waals surface area contributed by atoms with Crippen molar-refractivity contribution in [1.29, 1.82) is 0 Å². The summed E-state index contributed by atoms with van der Waals surface area (Å²) >= 11 is 0. The van der Waals surface area contributed by atoms with E-state index in [9.17, 15) is 9.59 Å². The van der Waals surface area contributed by atoms with Crippen LogP contribution in [0.3, 0.4) is 0 Å². The standard InChI is InChI=1S/C18H23NO2/c1-13-10-15(6-9-19-13)16(20)11-14-4-2-7-18(12-14)8-3-5-17(18)21/h6,9-10,14H,2-5,7-8,11-12H2,1H3/t14-,18+/m1/s1. The fourth-order valence-corrected chi connectivity index (χ4v) is 4.23. The summed E-state index contributed by atoms with van der Waals surface area (Å²) in [6.07, 6.45) is 9.29. The second-order valence-electron chi connectivity index (χ2n) is 6.83. The van der Waals surface area contributed by atoms with Gasteiger partial charge in [-0.15, -0.1) is 0 Å². The Balaban J connectivity index is 1.67. The lowest BCUT2D eigenvalue weighted by Gasteiger charge is -2.36. The lowest BCUT2D eigenvalue weighted by Crippen LogP contribution is -2.33. The third kappa shape index (κ3) is 2.92. The number of Topliss-reactive ketones (excluding diaryl/α,β-unsaturated/α-hetero) is 2. The van der Waals surface area contributed by atoms with E-state index in [-0.39, 0.29) is 11.2 Å². The van der Waals surface area contributed by atoms with Gasteiger partial charge in [0.1, 0.15) is 5.78 Å². The van der Waals surface area contributed by atoms with Crippen LogP contribution in [0.2, 0.25) is 0 Å². The molecule has 1 heterocycles. The van der Waals surface area contributed by atoms with Crippen molar-refractivity contribution >= 4 is 11.6 Å². The topological polar surface area (TPSA) is 47.0 Å². The molecule has 0 aromatic carbocycles. The predicted molar refractivity (Wildman–Crippen MR) is 81.2 cm³/mol. The molecule has 0 N–H and O–H groups in total. The number of hydrogen-bond donors (Lipinski definition) is 0. The van der Waals surface area contributed by atoms with Crippen molar-refractivity contribution in [3.8, 4) is 0 Å². The van der Waals surface area contributed by atoms with Gasteiger partial charge in [0.15, 0.2) is 5.78 Å². The second kappa shape index (κ2) is 5.70. The predicted octanol–water partition coefficient (Wildman–Crippen LogP) is 3.89. The Kier molecular flexibility index (Phi) is 3.92. The highest BCUT2D eigenvalue weighted by molar-refractivity contribution is 5.96. The van der Waals surface area contributed by atoms with Gasteiger partial charge in [0.2, 0.25) is 0 Å². The van der Waals surface area contributed by atoms with E-state index < -0.39 is 0 Å². The molecule has 21 heavy (non-hydrogen) atoms. The van der Waals surface area contributed by atoms with Gasteiger partial charge < -0.3 is 0 Å². The molecule has 0 aliphatic heterocycles. The highest BCUT2D eigenvalue weighted by Crippen LogP contribution is 2.49. The van der Waals surface area contributed by atoms with E-state index in [1.165, 1.54) is 0 Å². The van der Waals surface area contributed by atoms with Crippen LogP contribution in [-0.2, 0) is 4.79 Å². The van der Waals surface area contributed by atoms with Crippen molar-refractivity contribution < 1.29 is 9.59 Å². The third-order valence-corrected chi connectivity index (χ3v) is 5.29. The number of aromatic nitrogens is 1. The number of aryl methyl sites for hydroxylation is 1. The smallest absolute Gasteiger partial charge is 0.163 e. The van der Waals surface area contributed by atoms with Gasteiger partial charge in [0.25, 0.3) is 0 Å². The number of carbonyl (C=O) groups is 2. The Morgan fingerprint density at radius 3 is 2.90 bits per heavy atom. The van der Waals surface area contributed by atoms with Crippen molar-refractivity contribution in [2.45, 2.75) is 58.3 Å². The van der Waals surface area contributed by atoms with Crippen LogP contribution in [0, 0.1) is 18.3 Å². The molecule has 3 rings (SSSR count). The number of ketones is 2. The zero-order valence-electron chi connectivity index (χ0n) is 12.7. The molecular formula is C18H23NO2. The lowest BCUT2D eigenvalue weighted by atomic mass is 9.67. The van der Waals surface area contributed by atoms with E-state index in [0.29, 0.717) is 18.1 Å². The van der Waals surface area contributed by atoms with Crippen LogP contribution in [0.1, 0.15) is 67.4 Å². The fraction of sp³-hybridized carbons (Fsp3) is 0.611. The quantitative estimate of drug-likeness (QED) is 0.791. The second-order valence-corrected chi connectivity index (χ2v) is 6.83. The molecule has 2 aliphatic carbocycles. The van der Waals surface area contributed by atoms with Gasteiger partial charge in [0, 0.05) is 35.7 Å². The van der Waals surface area contributed by atoms with Gasteiger partial charge in [-0.05, 0) is 57.1 Å². The third-order valence-electron chi connectivity index (χ3n) is 5.29. The summed E-state index contributed by atoms with van der Waals surface area (Å²) in [6.45, 7) is 1.91. The Morgan fingerprint density at radius 2 is 2.19 bits per heavy atom. The molecule has 0 bridgehead atoms. The SMILES string of the molecule is Cc1cc(C(=O)C[C@H]2CCC[C@]3(CCCC3=O)C2)ccn1. The highest BCUT2D eigenvalue weighted by atomic mass is 16.1. The fourth-order valence-electron chi connectivity index (χ4n) is 4.23. The average molecular weight is 285 g/mol. The maximum absolute atomic E-state index is 12.4. The number of hydrogen-bond acceptors (Lipinski definition) is 3. The molecule has 3 heteroatoms. The van der Waals surface area contributed by atoms with E-state index >= 15 is 0 Å². The maximum Gasteiger partial charge on any atom is 0.163 e. The van der Waals surface area contributed by atoms with E-state index in [4.69, 9.17) is 0 Å². The first-order chi connectivity index (χ1) is 10.1. The summed E-state index contributed by atoms with van der Waals surface area (Å²) < 4.78 is 0. The molecule has 112 valence electrons. The van der Waals surface area contributed by atoms with Crippen LogP contribution >= 0.6 is 0 Å². The summed E-state index contributed by atoms with van der Waals surface area (Å²) in [6, 6.07) is 3.66. The van der Waals surface area contributed by atoms with Crippen molar-refractivity contribution in [2.75, 3.05) is 0 Å². The largest absolute Gasteiger partial charge is 0.299 e. The molecule has 0 amide bonds. The average Bonchev–Trinajstić information content (AvgIpc) is 2.80. The molecule has 0 radical (unpaired) electrons. The molecule has 1 aromatic heterocycles. The molecule has 2 aliphatic rings. The van der Waals surface area contributed by atoms with Crippen LogP contribution in [-0.4, -0.2) is 16.6 Å². The molecule has 3 nitrogen and oxygen atoms in total. The van der Waals surface area contributed by atoms with Crippen molar-refractivity contribution in [2.24, 2.45) is 11.3 Å². The van der Waals surface area contributed by atoms with Gasteiger partial charge >= 0.3 is 0 Å². The normalized spacial score (nSPS) is 29.0. The first-order valence-electron chi connectivity index (χ1n) is 8.08. The van der Waals surface area contributed by atoms with Crippen LogP contribution in [0.4, 0.5) is 0 Å². The Hall–Kier alpha value is -1.51. The van der Waals surface area contributed by atoms with E-state index in [0.717, 1.165) is 56.2 Å². The first-order valence-corrected chi connectivity index (χ1v) is 8.08. The minimum absolute atomic E-state index is 0.0721. The van der Waals surface area contributed by atoms with Gasteiger partial charge in [-0.2, -0.15) is 0 Å². The monoisotopic (exact) mass is 285 g/mol. The molecule has 1 aromatic rings. The molecule has 1 spiro atoms. The first kappa shape index (κ1) is 14.4. The highest BCUT2D eigenvalue weighted by Gasteiger charge is 2.45. The van der Waals surface area contributed by atoms with E-state index in [1.807, 2.05) is 13.0 Å². The van der Waals surface area contributed by atoms with Crippen LogP contribution in [0.25, 0.3) is 0 Å². The molecular weight excluding hydrogens is 262 g/mol. The summed E-state index contributed by atoms with van der Waals surface area (Å²) in [5, 5.41) is 0. The Labute approximate surface area is 126 Å². The number of rotatable bonds is 3. The van der Waals surface area contributed by atoms with Gasteiger partial charge in [-0.3, -0.25) is 14.6 Å². The van der Waals surface area contributed by atoms with Crippen molar-refractivity contribution in [3.05, 3.63) is 29.6 Å². The van der Waals surface area contributed by atoms with Crippen LogP contribution in [0.5, 0.6) is 0 Å². The zero-order valence-corrected chi connectivity index (χ0v) is 12.7. The lowest BCUT2D eigenvalue weighted by molar-refractivity contribution is -0.128. The zero-order chi connectivity index (χ0) is 14.9. The summed E-state index contributed by atoms with van der Waals surface area (Å²) in [5.74, 6) is 1.04. The molecule has 2 saturated carbocycles. The van der Waals surface area contributed by atoms with Gasteiger partial charge in [-0.1, -0.05) is 6.42 Å². The molecule has 0 unspecified atom stereocenters. The van der Waals surface area contributed by atoms with Crippen LogP contribution < -0.4 is 0 Å². The van der Waals surface area contributed by atoms with Gasteiger partial charge in [-0.25, -0.2) is 0 Å². The summed E-state index contributed by atoms with van der Waals surface area (Å²) in [5.41, 5.74) is 1.57. The van der Waals surface area contributed by atoms with Crippen molar-refractivity contribution in [1.82, 2.24) is 4.98 Å². The Bertz CT molecular complexity index is 566. The van der Waals surface area contributed by atoms with E-state index in [1.54, 1.807) is 12.3 Å². The minimum Gasteiger partial charge on any atom is -0.299 e. The van der Waals surface area contributed by atoms with E-state index in [2.05, 4.69) is 4.98 Å². The van der Waals surface area contributed by atoms with Crippen molar-refractivity contribution in [3.63, 3.8) is 0 Å². The van der Waals surface area contributed by atoms with Crippen LogP contribution in [0.15, 0.2) is 18.3 Å². The minimum atomic E-state index is -0.0721. The van der Waals surface area contributed by atoms with Gasteiger partial charge in [0.05, 0.1) is 0 Å². The number of nitrogens with zero attached hydrogens (tertiary/aromatic N) is 1. The number of carbonyl (C=O) groups excluding carboxylic acids is 2. The molecule has 0 saturated heterocycles. The number of pyridine rings is 1.